The van der Waals surface area contributed by atoms with Crippen LogP contribution in [-0.2, 0) is 11.3 Å². The summed E-state index contributed by atoms with van der Waals surface area (Å²) in [6, 6.07) is 7.26. The van der Waals surface area contributed by atoms with Gasteiger partial charge in [-0.25, -0.2) is 0 Å². The van der Waals surface area contributed by atoms with Gasteiger partial charge in [0.05, 0.1) is 6.54 Å². The van der Waals surface area contributed by atoms with Crippen LogP contribution in [0.25, 0.3) is 11.4 Å². The first-order chi connectivity index (χ1) is 12.1. The van der Waals surface area contributed by atoms with Gasteiger partial charge in [-0.15, -0.1) is 0 Å². The maximum atomic E-state index is 12.3. The summed E-state index contributed by atoms with van der Waals surface area (Å²) in [6.45, 7) is 0.337. The lowest BCUT2D eigenvalue weighted by Crippen LogP contribution is -2.26. The highest BCUT2D eigenvalue weighted by atomic mass is 35.5. The molecule has 25 heavy (non-hydrogen) atoms. The molecule has 1 aromatic carbocycles. The van der Waals surface area contributed by atoms with Gasteiger partial charge in [-0.3, -0.25) is 4.79 Å². The molecule has 1 aromatic heterocycles. The molecule has 1 aliphatic carbocycles. The van der Waals surface area contributed by atoms with Crippen LogP contribution in [0.3, 0.4) is 0 Å². The number of aromatic nitrogens is 2. The Kier molecular flexibility index (Phi) is 6.08. The van der Waals surface area contributed by atoms with Gasteiger partial charge in [0.25, 0.3) is 0 Å². The molecule has 1 aliphatic rings. The Hall–Kier alpha value is -1.88. The second kappa shape index (κ2) is 8.48. The van der Waals surface area contributed by atoms with Crippen LogP contribution in [0.1, 0.15) is 50.8 Å². The third-order valence-electron chi connectivity index (χ3n) is 4.86. The number of hydrogen-bond donors (Lipinski definition) is 0. The van der Waals surface area contributed by atoms with Crippen molar-refractivity contribution in [3.8, 4) is 11.4 Å². The summed E-state index contributed by atoms with van der Waals surface area (Å²) in [7, 11) is 1.79. The molecule has 1 fully saturated rings. The topological polar surface area (TPSA) is 59.2 Å². The number of carbonyl (C=O) groups is 1. The molecular formula is C19H24ClN3O2. The van der Waals surface area contributed by atoms with E-state index in [-0.39, 0.29) is 5.91 Å². The highest BCUT2D eigenvalue weighted by Crippen LogP contribution is 2.27. The molecule has 3 rings (SSSR count). The summed E-state index contributed by atoms with van der Waals surface area (Å²) in [5, 5.41) is 4.64. The van der Waals surface area contributed by atoms with E-state index in [9.17, 15) is 4.79 Å². The molecule has 0 N–H and O–H groups in total. The molecule has 0 aliphatic heterocycles. The van der Waals surface area contributed by atoms with Crippen molar-refractivity contribution >= 4 is 17.5 Å². The number of nitrogens with zero attached hydrogens (tertiary/aromatic N) is 3. The molecule has 6 heteroatoms. The fraction of sp³-hybridized carbons (Fsp3) is 0.526. The van der Waals surface area contributed by atoms with E-state index in [1.165, 1.54) is 32.1 Å². The summed E-state index contributed by atoms with van der Waals surface area (Å²) in [5.41, 5.74) is 0.839. The molecule has 1 amide bonds. The van der Waals surface area contributed by atoms with Crippen molar-refractivity contribution in [2.45, 2.75) is 51.5 Å². The van der Waals surface area contributed by atoms with Crippen molar-refractivity contribution in [2.75, 3.05) is 7.05 Å². The van der Waals surface area contributed by atoms with Crippen LogP contribution >= 0.6 is 11.6 Å². The van der Waals surface area contributed by atoms with Crippen molar-refractivity contribution in [3.63, 3.8) is 0 Å². The van der Waals surface area contributed by atoms with E-state index in [0.717, 1.165) is 12.0 Å². The zero-order valence-electron chi connectivity index (χ0n) is 14.6. The lowest BCUT2D eigenvalue weighted by atomic mass is 9.86. The Morgan fingerprint density at radius 2 is 1.96 bits per heavy atom. The van der Waals surface area contributed by atoms with E-state index in [2.05, 4.69) is 10.1 Å². The van der Waals surface area contributed by atoms with Crippen molar-refractivity contribution in [1.29, 1.82) is 0 Å². The van der Waals surface area contributed by atoms with Gasteiger partial charge in [0, 0.05) is 24.1 Å². The second-order valence-electron chi connectivity index (χ2n) is 6.81. The van der Waals surface area contributed by atoms with Crippen LogP contribution < -0.4 is 0 Å². The van der Waals surface area contributed by atoms with Crippen molar-refractivity contribution in [2.24, 2.45) is 5.92 Å². The zero-order valence-corrected chi connectivity index (χ0v) is 15.3. The van der Waals surface area contributed by atoms with E-state index in [0.29, 0.717) is 35.6 Å². The summed E-state index contributed by atoms with van der Waals surface area (Å²) < 4.78 is 5.28. The second-order valence-corrected chi connectivity index (χ2v) is 7.25. The normalized spacial score (nSPS) is 15.3. The molecular weight excluding hydrogens is 338 g/mol. The van der Waals surface area contributed by atoms with E-state index in [1.807, 2.05) is 12.1 Å². The van der Waals surface area contributed by atoms with Gasteiger partial charge in [0.15, 0.2) is 0 Å². The summed E-state index contributed by atoms with van der Waals surface area (Å²) in [4.78, 5) is 18.4. The van der Waals surface area contributed by atoms with Gasteiger partial charge in [-0.05, 0) is 36.6 Å². The predicted molar refractivity (Wildman–Crippen MR) is 97.0 cm³/mol. The average molecular weight is 362 g/mol. The summed E-state index contributed by atoms with van der Waals surface area (Å²) in [5.74, 6) is 1.80. The molecule has 0 radical (unpaired) electrons. The SMILES string of the molecule is CN(Cc1nc(-c2ccc(Cl)cc2)no1)C(=O)CCC1CCCCC1. The Balaban J connectivity index is 1.51. The Morgan fingerprint density at radius 3 is 2.68 bits per heavy atom. The first-order valence-corrected chi connectivity index (χ1v) is 9.32. The number of halogens is 1. The molecule has 0 saturated heterocycles. The van der Waals surface area contributed by atoms with Gasteiger partial charge < -0.3 is 9.42 Å². The maximum Gasteiger partial charge on any atom is 0.246 e. The molecule has 134 valence electrons. The molecule has 0 spiro atoms. The maximum absolute atomic E-state index is 12.3. The van der Waals surface area contributed by atoms with Gasteiger partial charge in [0.1, 0.15) is 0 Å². The van der Waals surface area contributed by atoms with Crippen molar-refractivity contribution < 1.29 is 9.32 Å². The molecule has 0 bridgehead atoms. The summed E-state index contributed by atoms with van der Waals surface area (Å²) >= 11 is 5.89. The first kappa shape index (κ1) is 17.9. The molecule has 1 saturated carbocycles. The fourth-order valence-electron chi connectivity index (χ4n) is 3.32. The fourth-order valence-corrected chi connectivity index (χ4v) is 3.45. The standard InChI is InChI=1S/C19H24ClN3O2/c1-23(18(24)12-7-14-5-3-2-4-6-14)13-17-21-19(22-25-17)15-8-10-16(20)11-9-15/h8-11,14H,2-7,12-13H2,1H3. The van der Waals surface area contributed by atoms with Crippen molar-refractivity contribution in [3.05, 3.63) is 35.2 Å². The van der Waals surface area contributed by atoms with Crippen LogP contribution in [0, 0.1) is 5.92 Å². The van der Waals surface area contributed by atoms with Crippen LogP contribution in [0.4, 0.5) is 0 Å². The monoisotopic (exact) mass is 361 g/mol. The summed E-state index contributed by atoms with van der Waals surface area (Å²) in [6.07, 6.45) is 8.09. The number of hydrogen-bond acceptors (Lipinski definition) is 4. The van der Waals surface area contributed by atoms with Crippen LogP contribution in [-0.4, -0.2) is 28.0 Å². The van der Waals surface area contributed by atoms with E-state index in [1.54, 1.807) is 24.1 Å². The number of carbonyl (C=O) groups excluding carboxylic acids is 1. The van der Waals surface area contributed by atoms with Crippen molar-refractivity contribution in [1.82, 2.24) is 15.0 Å². The molecule has 0 unspecified atom stereocenters. The number of rotatable bonds is 6. The minimum Gasteiger partial charge on any atom is -0.337 e. The predicted octanol–water partition coefficient (Wildman–Crippen LogP) is 4.71. The smallest absolute Gasteiger partial charge is 0.246 e. The van der Waals surface area contributed by atoms with Gasteiger partial charge in [-0.1, -0.05) is 48.9 Å². The molecule has 1 heterocycles. The average Bonchev–Trinajstić information content (AvgIpc) is 3.09. The van der Waals surface area contributed by atoms with Gasteiger partial charge >= 0.3 is 0 Å². The van der Waals surface area contributed by atoms with E-state index >= 15 is 0 Å². The number of amides is 1. The molecule has 0 atom stereocenters. The zero-order chi connectivity index (χ0) is 17.6. The highest BCUT2D eigenvalue weighted by molar-refractivity contribution is 6.30. The first-order valence-electron chi connectivity index (χ1n) is 8.94. The Labute approximate surface area is 153 Å². The Morgan fingerprint density at radius 1 is 1.24 bits per heavy atom. The van der Waals surface area contributed by atoms with E-state index < -0.39 is 0 Å². The van der Waals surface area contributed by atoms with Crippen LogP contribution in [0.5, 0.6) is 0 Å². The lowest BCUT2D eigenvalue weighted by molar-refractivity contribution is -0.131. The molecule has 5 nitrogen and oxygen atoms in total. The lowest BCUT2D eigenvalue weighted by Gasteiger charge is -2.22. The van der Waals surface area contributed by atoms with Crippen LogP contribution in [0.2, 0.25) is 5.02 Å². The third kappa shape index (κ3) is 5.05. The highest BCUT2D eigenvalue weighted by Gasteiger charge is 2.18. The van der Waals surface area contributed by atoms with Gasteiger partial charge in [0.2, 0.25) is 17.6 Å². The molecule has 2 aromatic rings. The quantitative estimate of drug-likeness (QED) is 0.747. The minimum atomic E-state index is 0.136. The van der Waals surface area contributed by atoms with Gasteiger partial charge in [-0.2, -0.15) is 4.98 Å². The number of benzene rings is 1. The van der Waals surface area contributed by atoms with Crippen LogP contribution in [0.15, 0.2) is 28.8 Å². The van der Waals surface area contributed by atoms with E-state index in [4.69, 9.17) is 16.1 Å². The third-order valence-corrected chi connectivity index (χ3v) is 5.11. The largest absolute Gasteiger partial charge is 0.337 e. The minimum absolute atomic E-state index is 0.136. The Bertz CT molecular complexity index is 693.